The molecule has 0 radical (unpaired) electrons. The summed E-state index contributed by atoms with van der Waals surface area (Å²) in [7, 11) is 0. The highest BCUT2D eigenvalue weighted by atomic mass is 32.2. The molecule has 1 heterocycles. The molecule has 1 aromatic rings. The molecule has 0 spiro atoms. The van der Waals surface area contributed by atoms with Crippen LogP contribution in [0.25, 0.3) is 0 Å². The van der Waals surface area contributed by atoms with E-state index in [4.69, 9.17) is 0 Å². The molecule has 4 fully saturated rings. The SMILES string of the molecule is Cc1nc(CSCCC(=O)NC23CC4CC(CC(C4)C2)C3)cs1. The molecule has 4 aliphatic rings. The quantitative estimate of drug-likeness (QED) is 0.783. The molecule has 0 aliphatic heterocycles. The number of nitrogens with one attached hydrogen (secondary N) is 1. The fourth-order valence-electron chi connectivity index (χ4n) is 5.44. The smallest absolute Gasteiger partial charge is 0.221 e. The summed E-state index contributed by atoms with van der Waals surface area (Å²) in [5.74, 6) is 4.77. The summed E-state index contributed by atoms with van der Waals surface area (Å²) in [5.41, 5.74) is 1.32. The zero-order valence-electron chi connectivity index (χ0n) is 13.8. The monoisotopic (exact) mass is 350 g/mol. The van der Waals surface area contributed by atoms with Crippen molar-refractivity contribution in [2.45, 2.75) is 63.2 Å². The van der Waals surface area contributed by atoms with Gasteiger partial charge >= 0.3 is 0 Å². The lowest BCUT2D eigenvalue weighted by Gasteiger charge is -2.56. The van der Waals surface area contributed by atoms with Gasteiger partial charge in [0.1, 0.15) is 0 Å². The summed E-state index contributed by atoms with van der Waals surface area (Å²) < 4.78 is 0. The molecule has 1 aromatic heterocycles. The van der Waals surface area contributed by atoms with Crippen LogP contribution >= 0.6 is 23.1 Å². The van der Waals surface area contributed by atoms with Crippen molar-refractivity contribution in [1.29, 1.82) is 0 Å². The van der Waals surface area contributed by atoms with Crippen LogP contribution in [0.5, 0.6) is 0 Å². The van der Waals surface area contributed by atoms with Gasteiger partial charge in [0.2, 0.25) is 5.91 Å². The average Bonchev–Trinajstić information content (AvgIpc) is 2.87. The molecule has 126 valence electrons. The van der Waals surface area contributed by atoms with E-state index in [1.165, 1.54) is 38.5 Å². The maximum Gasteiger partial charge on any atom is 0.221 e. The normalized spacial score (nSPS) is 34.7. The number of amides is 1. The van der Waals surface area contributed by atoms with Crippen LogP contribution in [0.2, 0.25) is 0 Å². The second-order valence-electron chi connectivity index (χ2n) is 7.91. The van der Waals surface area contributed by atoms with Crippen LogP contribution in [-0.2, 0) is 10.5 Å². The molecule has 1 amide bonds. The lowest BCUT2D eigenvalue weighted by Crippen LogP contribution is -2.59. The van der Waals surface area contributed by atoms with Crippen molar-refractivity contribution in [2.24, 2.45) is 17.8 Å². The van der Waals surface area contributed by atoms with Crippen LogP contribution in [0, 0.1) is 24.7 Å². The van der Waals surface area contributed by atoms with Crippen molar-refractivity contribution >= 4 is 29.0 Å². The first-order valence-electron chi connectivity index (χ1n) is 8.90. The van der Waals surface area contributed by atoms with Crippen LogP contribution < -0.4 is 5.32 Å². The van der Waals surface area contributed by atoms with Crippen LogP contribution in [0.15, 0.2) is 5.38 Å². The number of thioether (sulfide) groups is 1. The molecular weight excluding hydrogens is 324 g/mol. The zero-order chi connectivity index (χ0) is 15.9. The molecule has 1 N–H and O–H groups in total. The van der Waals surface area contributed by atoms with Crippen LogP contribution in [-0.4, -0.2) is 22.2 Å². The third kappa shape index (κ3) is 3.60. The topological polar surface area (TPSA) is 42.0 Å². The molecule has 0 saturated heterocycles. The Balaban J connectivity index is 1.23. The number of rotatable bonds is 6. The van der Waals surface area contributed by atoms with Crippen molar-refractivity contribution in [3.63, 3.8) is 0 Å². The number of nitrogens with zero attached hydrogens (tertiary/aromatic N) is 1. The molecule has 4 bridgehead atoms. The molecule has 4 aliphatic carbocycles. The van der Waals surface area contributed by atoms with E-state index in [-0.39, 0.29) is 11.4 Å². The van der Waals surface area contributed by atoms with Gasteiger partial charge in [0, 0.05) is 28.8 Å². The minimum absolute atomic E-state index is 0.169. The predicted octanol–water partition coefficient (Wildman–Crippen LogP) is 4.16. The second-order valence-corrected chi connectivity index (χ2v) is 10.1. The Hall–Kier alpha value is -0.550. The summed E-state index contributed by atoms with van der Waals surface area (Å²) in [6.45, 7) is 2.04. The van der Waals surface area contributed by atoms with Crippen molar-refractivity contribution in [2.75, 3.05) is 5.75 Å². The lowest BCUT2D eigenvalue weighted by atomic mass is 9.53. The molecule has 3 nitrogen and oxygen atoms in total. The van der Waals surface area contributed by atoms with Gasteiger partial charge in [0.25, 0.3) is 0 Å². The van der Waals surface area contributed by atoms with Gasteiger partial charge in [-0.05, 0) is 63.2 Å². The summed E-state index contributed by atoms with van der Waals surface area (Å²) >= 11 is 3.53. The Morgan fingerprint density at radius 3 is 2.52 bits per heavy atom. The summed E-state index contributed by atoms with van der Waals surface area (Å²) in [4.78, 5) is 16.9. The molecule has 5 rings (SSSR count). The van der Waals surface area contributed by atoms with Gasteiger partial charge in [0.15, 0.2) is 0 Å². The molecule has 5 heteroatoms. The lowest BCUT2D eigenvalue weighted by molar-refractivity contribution is -0.126. The fourth-order valence-corrected chi connectivity index (χ4v) is 6.99. The maximum absolute atomic E-state index is 12.4. The number of aromatic nitrogens is 1. The number of hydrogen-bond donors (Lipinski definition) is 1. The number of hydrogen-bond acceptors (Lipinski definition) is 4. The van der Waals surface area contributed by atoms with Gasteiger partial charge in [-0.1, -0.05) is 0 Å². The Bertz CT molecular complexity index is 548. The second kappa shape index (κ2) is 6.40. The molecule has 23 heavy (non-hydrogen) atoms. The largest absolute Gasteiger partial charge is 0.351 e. The Labute approximate surface area is 147 Å². The van der Waals surface area contributed by atoms with E-state index in [9.17, 15) is 4.79 Å². The highest BCUT2D eigenvalue weighted by Gasteiger charge is 2.51. The van der Waals surface area contributed by atoms with Crippen LogP contribution in [0.3, 0.4) is 0 Å². The molecule has 0 aromatic carbocycles. The van der Waals surface area contributed by atoms with Crippen LogP contribution in [0.1, 0.15) is 55.6 Å². The Kier molecular flexibility index (Phi) is 4.43. The van der Waals surface area contributed by atoms with E-state index in [2.05, 4.69) is 15.7 Å². The number of carbonyl (C=O) groups is 1. The first kappa shape index (κ1) is 15.9. The minimum atomic E-state index is 0.169. The minimum Gasteiger partial charge on any atom is -0.351 e. The van der Waals surface area contributed by atoms with E-state index in [1.54, 1.807) is 11.3 Å². The average molecular weight is 351 g/mol. The summed E-state index contributed by atoms with van der Waals surface area (Å²) in [6.07, 6.45) is 8.67. The molecule has 0 unspecified atom stereocenters. The van der Waals surface area contributed by atoms with Crippen molar-refractivity contribution in [3.05, 3.63) is 16.1 Å². The van der Waals surface area contributed by atoms with Crippen molar-refractivity contribution in [1.82, 2.24) is 10.3 Å². The summed E-state index contributed by atoms with van der Waals surface area (Å²) in [5, 5.41) is 6.71. The molecule has 0 atom stereocenters. The highest BCUT2D eigenvalue weighted by molar-refractivity contribution is 7.98. The third-order valence-corrected chi connectivity index (χ3v) is 7.65. The van der Waals surface area contributed by atoms with Gasteiger partial charge in [-0.3, -0.25) is 4.79 Å². The van der Waals surface area contributed by atoms with Gasteiger partial charge in [-0.25, -0.2) is 4.98 Å². The zero-order valence-corrected chi connectivity index (χ0v) is 15.5. The fraction of sp³-hybridized carbons (Fsp3) is 0.778. The van der Waals surface area contributed by atoms with E-state index in [0.29, 0.717) is 6.42 Å². The first-order valence-corrected chi connectivity index (χ1v) is 10.9. The van der Waals surface area contributed by atoms with E-state index in [1.807, 2.05) is 18.7 Å². The van der Waals surface area contributed by atoms with Crippen molar-refractivity contribution < 1.29 is 4.79 Å². The standard InChI is InChI=1S/C18H26N2OS2/c1-12-19-16(11-23-12)10-22-3-2-17(21)20-18-7-13-4-14(8-18)6-15(5-13)9-18/h11,13-15H,2-10H2,1H3,(H,20,21). The van der Waals surface area contributed by atoms with E-state index in [0.717, 1.165) is 40.0 Å². The summed E-state index contributed by atoms with van der Waals surface area (Å²) in [6, 6.07) is 0. The molecular formula is C18H26N2OS2. The van der Waals surface area contributed by atoms with Gasteiger partial charge in [-0.15, -0.1) is 11.3 Å². The number of aryl methyl sites for hydroxylation is 1. The first-order chi connectivity index (χ1) is 11.1. The third-order valence-electron chi connectivity index (χ3n) is 5.83. The molecule has 4 saturated carbocycles. The highest BCUT2D eigenvalue weighted by Crippen LogP contribution is 2.55. The van der Waals surface area contributed by atoms with Gasteiger partial charge < -0.3 is 5.32 Å². The van der Waals surface area contributed by atoms with E-state index < -0.39 is 0 Å². The van der Waals surface area contributed by atoms with Crippen molar-refractivity contribution in [3.8, 4) is 0 Å². The Morgan fingerprint density at radius 1 is 1.30 bits per heavy atom. The van der Waals surface area contributed by atoms with E-state index >= 15 is 0 Å². The van der Waals surface area contributed by atoms with Gasteiger partial charge in [0.05, 0.1) is 10.7 Å². The van der Waals surface area contributed by atoms with Crippen LogP contribution in [0.4, 0.5) is 0 Å². The van der Waals surface area contributed by atoms with Gasteiger partial charge in [-0.2, -0.15) is 11.8 Å². The number of thiazole rings is 1. The Morgan fingerprint density at radius 2 is 1.96 bits per heavy atom. The maximum atomic E-state index is 12.4. The number of carbonyl (C=O) groups excluding carboxylic acids is 1. The predicted molar refractivity (Wildman–Crippen MR) is 96.7 cm³/mol.